The quantitative estimate of drug-likeness (QED) is 0.865. The van der Waals surface area contributed by atoms with Crippen LogP contribution < -0.4 is 0 Å². The van der Waals surface area contributed by atoms with Gasteiger partial charge in [-0.3, -0.25) is 4.79 Å². The topological polar surface area (TPSA) is 47.8 Å². The first kappa shape index (κ1) is 15.3. The Hall–Kier alpha value is -2.23. The molecule has 4 heteroatoms. The normalized spacial score (nSPS) is 27.5. The molecule has 4 nitrogen and oxygen atoms in total. The lowest BCUT2D eigenvalue weighted by Gasteiger charge is -2.53. The third-order valence-corrected chi connectivity index (χ3v) is 5.78. The van der Waals surface area contributed by atoms with E-state index in [9.17, 15) is 4.79 Å². The van der Waals surface area contributed by atoms with Gasteiger partial charge in [-0.05, 0) is 36.3 Å². The van der Waals surface area contributed by atoms with Crippen LogP contribution >= 0.6 is 0 Å². The van der Waals surface area contributed by atoms with Gasteiger partial charge in [0.2, 0.25) is 0 Å². The first-order valence-corrected chi connectivity index (χ1v) is 8.51. The van der Waals surface area contributed by atoms with Crippen LogP contribution in [0, 0.1) is 11.8 Å². The van der Waals surface area contributed by atoms with Gasteiger partial charge >= 0.3 is 0 Å². The van der Waals surface area contributed by atoms with Crippen LogP contribution in [0.5, 0.6) is 0 Å². The summed E-state index contributed by atoms with van der Waals surface area (Å²) in [6.45, 7) is 0.765. The smallest absolute Gasteiger partial charge is 0.159 e. The fourth-order valence-electron chi connectivity index (χ4n) is 4.72. The molecular formula is C20H23N3O. The summed E-state index contributed by atoms with van der Waals surface area (Å²) in [7, 11) is 0. The fraction of sp³-hybridized carbons (Fsp3) is 0.450. The number of carbonyl (C=O) groups is 1. The minimum Gasteiger partial charge on any atom is -0.295 e. The van der Waals surface area contributed by atoms with Crippen molar-refractivity contribution in [2.45, 2.75) is 45.6 Å². The predicted molar refractivity (Wildman–Crippen MR) is 92.5 cm³/mol. The molecule has 2 aromatic rings. The van der Waals surface area contributed by atoms with Crippen LogP contribution in [0.2, 0.25) is 0 Å². The molecule has 24 heavy (non-hydrogen) atoms. The maximum Gasteiger partial charge on any atom is 0.159 e. The molecule has 0 spiro atoms. The van der Waals surface area contributed by atoms with Gasteiger partial charge in [0.1, 0.15) is 0 Å². The SMILES string of the molecule is C.O=C1CC2C1=C1CCCC(c3cn(Cc4ccccc4)nn3)C12. The Morgan fingerprint density at radius 3 is 2.79 bits per heavy atom. The van der Waals surface area contributed by atoms with Gasteiger partial charge in [-0.25, -0.2) is 4.68 Å². The molecule has 0 bridgehead atoms. The number of Topliss-reactive ketones (excluding diaryl/α,β-unsaturated/α-hetero) is 1. The average Bonchev–Trinajstić information content (AvgIpc) is 3.00. The van der Waals surface area contributed by atoms with Gasteiger partial charge in [0.15, 0.2) is 5.78 Å². The van der Waals surface area contributed by atoms with Crippen molar-refractivity contribution >= 4 is 5.78 Å². The molecule has 0 radical (unpaired) electrons. The molecule has 3 unspecified atom stereocenters. The summed E-state index contributed by atoms with van der Waals surface area (Å²) in [5, 5.41) is 8.79. The maximum absolute atomic E-state index is 11.7. The van der Waals surface area contributed by atoms with E-state index in [-0.39, 0.29) is 7.43 Å². The zero-order chi connectivity index (χ0) is 15.4. The van der Waals surface area contributed by atoms with Gasteiger partial charge < -0.3 is 0 Å². The number of rotatable bonds is 3. The maximum atomic E-state index is 11.7. The minimum atomic E-state index is 0. The van der Waals surface area contributed by atoms with Crippen LogP contribution in [-0.4, -0.2) is 20.8 Å². The van der Waals surface area contributed by atoms with Crippen molar-refractivity contribution in [2.24, 2.45) is 11.8 Å². The van der Waals surface area contributed by atoms with Crippen molar-refractivity contribution in [3.8, 4) is 0 Å². The molecule has 3 aliphatic carbocycles. The van der Waals surface area contributed by atoms with Crippen LogP contribution in [0.15, 0.2) is 47.7 Å². The van der Waals surface area contributed by atoms with E-state index in [0.29, 0.717) is 23.5 Å². The number of benzene rings is 1. The predicted octanol–water partition coefficient (Wildman–Crippen LogP) is 3.75. The molecule has 0 N–H and O–H groups in total. The first-order chi connectivity index (χ1) is 11.3. The highest BCUT2D eigenvalue weighted by Gasteiger charge is 2.55. The zero-order valence-electron chi connectivity index (χ0n) is 13.0. The summed E-state index contributed by atoms with van der Waals surface area (Å²) in [5.74, 6) is 1.96. The summed E-state index contributed by atoms with van der Waals surface area (Å²) < 4.78 is 1.94. The molecule has 1 aromatic heterocycles. The van der Waals surface area contributed by atoms with Gasteiger partial charge in [0, 0.05) is 24.5 Å². The van der Waals surface area contributed by atoms with Crippen molar-refractivity contribution in [3.63, 3.8) is 0 Å². The first-order valence-electron chi connectivity index (χ1n) is 8.51. The largest absolute Gasteiger partial charge is 0.295 e. The van der Waals surface area contributed by atoms with E-state index in [1.165, 1.54) is 29.6 Å². The van der Waals surface area contributed by atoms with E-state index < -0.39 is 0 Å². The van der Waals surface area contributed by atoms with Crippen molar-refractivity contribution in [1.29, 1.82) is 0 Å². The highest BCUT2D eigenvalue weighted by atomic mass is 16.1. The molecule has 1 heterocycles. The molecule has 1 aromatic carbocycles. The second-order valence-corrected chi connectivity index (χ2v) is 7.02. The summed E-state index contributed by atoms with van der Waals surface area (Å²) in [6.07, 6.45) is 6.34. The molecular weight excluding hydrogens is 298 g/mol. The summed E-state index contributed by atoms with van der Waals surface area (Å²) in [5.41, 5.74) is 4.97. The highest BCUT2D eigenvalue weighted by molar-refractivity contribution is 6.06. The van der Waals surface area contributed by atoms with Gasteiger partial charge in [0.25, 0.3) is 0 Å². The summed E-state index contributed by atoms with van der Waals surface area (Å²) in [4.78, 5) is 11.7. The van der Waals surface area contributed by atoms with Crippen molar-refractivity contribution in [2.75, 3.05) is 0 Å². The molecule has 0 saturated heterocycles. The standard InChI is InChI=1S/C19H19N3O.CH4/c23-17-9-15-18-13(7-4-8-14(18)19(15)17)16-11-22(21-20-16)10-12-5-2-1-3-6-12;/h1-3,5-6,11,13,15,18H,4,7-10H2;1H4. The van der Waals surface area contributed by atoms with Gasteiger partial charge in [-0.15, -0.1) is 5.10 Å². The van der Waals surface area contributed by atoms with Crippen molar-refractivity contribution in [1.82, 2.24) is 15.0 Å². The molecule has 2 fully saturated rings. The van der Waals surface area contributed by atoms with E-state index in [0.717, 1.165) is 25.1 Å². The van der Waals surface area contributed by atoms with Crippen LogP contribution in [-0.2, 0) is 11.3 Å². The lowest BCUT2D eigenvalue weighted by Crippen LogP contribution is -2.48. The van der Waals surface area contributed by atoms with Gasteiger partial charge in [-0.2, -0.15) is 0 Å². The summed E-state index contributed by atoms with van der Waals surface area (Å²) >= 11 is 0. The highest BCUT2D eigenvalue weighted by Crippen LogP contribution is 2.60. The van der Waals surface area contributed by atoms with E-state index >= 15 is 0 Å². The Bertz CT molecular complexity index is 805. The number of carbonyl (C=O) groups excluding carboxylic acids is 1. The molecule has 2 saturated carbocycles. The Morgan fingerprint density at radius 1 is 1.17 bits per heavy atom. The third kappa shape index (κ3) is 2.16. The number of hydrogen-bond donors (Lipinski definition) is 0. The number of aromatic nitrogens is 3. The minimum absolute atomic E-state index is 0. The van der Waals surface area contributed by atoms with Gasteiger partial charge in [-0.1, -0.05) is 48.5 Å². The van der Waals surface area contributed by atoms with Gasteiger partial charge in [0.05, 0.1) is 12.2 Å². The second kappa shape index (κ2) is 5.69. The van der Waals surface area contributed by atoms with E-state index in [2.05, 4.69) is 40.8 Å². The monoisotopic (exact) mass is 321 g/mol. The lowest BCUT2D eigenvalue weighted by molar-refractivity contribution is -0.123. The Kier molecular flexibility index (Phi) is 3.63. The van der Waals surface area contributed by atoms with E-state index in [1.807, 2.05) is 10.7 Å². The molecule has 3 aliphatic rings. The van der Waals surface area contributed by atoms with Crippen LogP contribution in [0.25, 0.3) is 0 Å². The summed E-state index contributed by atoms with van der Waals surface area (Å²) in [6, 6.07) is 10.4. The Balaban J connectivity index is 0.00000146. The number of allylic oxidation sites excluding steroid dienone is 2. The molecule has 0 aliphatic heterocycles. The Morgan fingerprint density at radius 2 is 2.00 bits per heavy atom. The lowest BCUT2D eigenvalue weighted by atomic mass is 9.49. The zero-order valence-corrected chi connectivity index (χ0v) is 13.0. The Labute approximate surface area is 142 Å². The van der Waals surface area contributed by atoms with Crippen LogP contribution in [0.1, 0.15) is 50.3 Å². The number of ketones is 1. The number of hydrogen-bond acceptors (Lipinski definition) is 3. The number of nitrogens with zero attached hydrogens (tertiary/aromatic N) is 3. The van der Waals surface area contributed by atoms with E-state index in [1.54, 1.807) is 0 Å². The van der Waals surface area contributed by atoms with E-state index in [4.69, 9.17) is 0 Å². The number of fused-ring (bicyclic) bond motifs is 3. The average molecular weight is 321 g/mol. The van der Waals surface area contributed by atoms with Crippen molar-refractivity contribution < 1.29 is 4.79 Å². The molecule has 124 valence electrons. The van der Waals surface area contributed by atoms with Crippen LogP contribution in [0.3, 0.4) is 0 Å². The third-order valence-electron chi connectivity index (χ3n) is 5.78. The molecule has 0 amide bonds. The van der Waals surface area contributed by atoms with Crippen LogP contribution in [0.4, 0.5) is 0 Å². The fourth-order valence-corrected chi connectivity index (χ4v) is 4.72. The molecule has 5 rings (SSSR count). The second-order valence-electron chi connectivity index (χ2n) is 7.02. The van der Waals surface area contributed by atoms with Crippen molar-refractivity contribution in [3.05, 3.63) is 58.9 Å². The molecule has 3 atom stereocenters.